The summed E-state index contributed by atoms with van der Waals surface area (Å²) in [4.78, 5) is 0. The molecule has 0 heterocycles. The van der Waals surface area contributed by atoms with Crippen LogP contribution in [0.25, 0.3) is 0 Å². The first-order valence-corrected chi connectivity index (χ1v) is 5.26. The van der Waals surface area contributed by atoms with Gasteiger partial charge in [0.1, 0.15) is 0 Å². The van der Waals surface area contributed by atoms with Gasteiger partial charge in [-0.3, -0.25) is 0 Å². The highest BCUT2D eigenvalue weighted by molar-refractivity contribution is 5.20. The van der Waals surface area contributed by atoms with Crippen molar-refractivity contribution in [2.24, 2.45) is 5.92 Å². The Morgan fingerprint density at radius 3 is 2.47 bits per heavy atom. The molecule has 3 heteroatoms. The molecule has 0 aromatic heterocycles. The number of rotatable bonds is 4. The first-order chi connectivity index (χ1) is 7.09. The van der Waals surface area contributed by atoms with E-state index in [4.69, 9.17) is 0 Å². The summed E-state index contributed by atoms with van der Waals surface area (Å²) in [5.74, 6) is -2.21. The molecule has 0 amide bonds. The van der Waals surface area contributed by atoms with Crippen molar-refractivity contribution in [2.75, 3.05) is 6.54 Å². The van der Waals surface area contributed by atoms with E-state index in [0.717, 1.165) is 6.42 Å². The maximum absolute atomic E-state index is 13.6. The maximum atomic E-state index is 13.6. The Bertz CT molecular complexity index is 324. The number of hydrogen-bond acceptors (Lipinski definition) is 1. The Balaban J connectivity index is 1.94. The lowest BCUT2D eigenvalue weighted by Gasteiger charge is -2.17. The van der Waals surface area contributed by atoms with Crippen LogP contribution in [0.3, 0.4) is 0 Å². The van der Waals surface area contributed by atoms with Crippen LogP contribution in [-0.4, -0.2) is 12.6 Å². The molecule has 1 saturated carbocycles. The summed E-state index contributed by atoms with van der Waals surface area (Å²) in [6, 6.07) is 8.26. The molecule has 0 saturated heterocycles. The molecule has 0 bridgehead atoms. The summed E-state index contributed by atoms with van der Waals surface area (Å²) in [5, 5.41) is 2.90. The predicted molar refractivity (Wildman–Crippen MR) is 55.9 cm³/mol. The van der Waals surface area contributed by atoms with Crippen LogP contribution in [0.5, 0.6) is 0 Å². The highest BCUT2D eigenvalue weighted by Gasteiger charge is 2.37. The maximum Gasteiger partial charge on any atom is 0.285 e. The zero-order valence-electron chi connectivity index (χ0n) is 8.71. The van der Waals surface area contributed by atoms with E-state index in [0.29, 0.717) is 12.0 Å². The van der Waals surface area contributed by atoms with Crippen molar-refractivity contribution in [1.29, 1.82) is 0 Å². The summed E-state index contributed by atoms with van der Waals surface area (Å²) >= 11 is 0. The Labute approximate surface area is 88.5 Å². The van der Waals surface area contributed by atoms with Crippen LogP contribution < -0.4 is 5.32 Å². The van der Waals surface area contributed by atoms with Crippen LogP contribution in [0.15, 0.2) is 30.3 Å². The molecule has 1 aliphatic carbocycles. The molecule has 1 aliphatic rings. The van der Waals surface area contributed by atoms with E-state index in [-0.39, 0.29) is 12.1 Å². The molecule has 2 rings (SSSR count). The van der Waals surface area contributed by atoms with E-state index in [1.54, 1.807) is 18.2 Å². The van der Waals surface area contributed by atoms with E-state index in [1.807, 2.05) is 0 Å². The molecular formula is C12H15F2N. The standard InChI is InChI=1S/C12H15F2N/c1-9-7-11(9)15-8-12(13,14)10-5-3-2-4-6-10/h2-6,9,11,15H,7-8H2,1H3. The van der Waals surface area contributed by atoms with Gasteiger partial charge in [-0.2, -0.15) is 8.78 Å². The van der Waals surface area contributed by atoms with Crippen LogP contribution in [0, 0.1) is 5.92 Å². The largest absolute Gasteiger partial charge is 0.308 e. The van der Waals surface area contributed by atoms with Crippen LogP contribution in [-0.2, 0) is 5.92 Å². The third kappa shape index (κ3) is 2.53. The SMILES string of the molecule is CC1CC1NCC(F)(F)c1ccccc1. The lowest BCUT2D eigenvalue weighted by molar-refractivity contribution is -0.00373. The van der Waals surface area contributed by atoms with Crippen molar-refractivity contribution in [3.8, 4) is 0 Å². The fraction of sp³-hybridized carbons (Fsp3) is 0.500. The third-order valence-electron chi connectivity index (χ3n) is 2.89. The number of hydrogen-bond donors (Lipinski definition) is 1. The van der Waals surface area contributed by atoms with Crippen molar-refractivity contribution >= 4 is 0 Å². The first kappa shape index (κ1) is 10.6. The predicted octanol–water partition coefficient (Wildman–Crippen LogP) is 2.78. The molecule has 0 radical (unpaired) electrons. The van der Waals surface area contributed by atoms with E-state index in [9.17, 15) is 8.78 Å². The fourth-order valence-electron chi connectivity index (χ4n) is 1.65. The van der Waals surface area contributed by atoms with Crippen molar-refractivity contribution in [3.63, 3.8) is 0 Å². The number of alkyl halides is 2. The number of halogens is 2. The van der Waals surface area contributed by atoms with Crippen molar-refractivity contribution in [2.45, 2.75) is 25.3 Å². The molecule has 0 spiro atoms. The van der Waals surface area contributed by atoms with Gasteiger partial charge in [0, 0.05) is 11.6 Å². The quantitative estimate of drug-likeness (QED) is 0.807. The van der Waals surface area contributed by atoms with E-state index in [1.165, 1.54) is 12.1 Å². The summed E-state index contributed by atoms with van der Waals surface area (Å²) in [7, 11) is 0. The van der Waals surface area contributed by atoms with Crippen LogP contribution in [0.4, 0.5) is 8.78 Å². The molecule has 82 valence electrons. The van der Waals surface area contributed by atoms with Gasteiger partial charge in [0.05, 0.1) is 6.54 Å². The molecule has 0 aliphatic heterocycles. The first-order valence-electron chi connectivity index (χ1n) is 5.26. The Morgan fingerprint density at radius 1 is 1.33 bits per heavy atom. The Morgan fingerprint density at radius 2 is 1.93 bits per heavy atom. The smallest absolute Gasteiger partial charge is 0.285 e. The monoisotopic (exact) mass is 211 g/mol. The van der Waals surface area contributed by atoms with Gasteiger partial charge in [0.25, 0.3) is 5.92 Å². The van der Waals surface area contributed by atoms with Crippen LogP contribution in [0.1, 0.15) is 18.9 Å². The van der Waals surface area contributed by atoms with Crippen molar-refractivity contribution in [3.05, 3.63) is 35.9 Å². The van der Waals surface area contributed by atoms with E-state index in [2.05, 4.69) is 12.2 Å². The second-order valence-electron chi connectivity index (χ2n) is 4.27. The second-order valence-corrected chi connectivity index (χ2v) is 4.27. The van der Waals surface area contributed by atoms with Crippen LogP contribution in [0.2, 0.25) is 0 Å². The van der Waals surface area contributed by atoms with Gasteiger partial charge >= 0.3 is 0 Å². The highest BCUT2D eigenvalue weighted by atomic mass is 19.3. The summed E-state index contributed by atoms with van der Waals surface area (Å²) in [5.41, 5.74) is 0.0887. The Hall–Kier alpha value is -0.960. The molecular weight excluding hydrogens is 196 g/mol. The van der Waals surface area contributed by atoms with Gasteiger partial charge in [-0.15, -0.1) is 0 Å². The molecule has 1 aromatic rings. The molecule has 2 unspecified atom stereocenters. The molecule has 1 fully saturated rings. The van der Waals surface area contributed by atoms with Gasteiger partial charge in [-0.05, 0) is 12.3 Å². The Kier molecular flexibility index (Phi) is 2.74. The normalized spacial score (nSPS) is 25.3. The zero-order chi connectivity index (χ0) is 10.9. The summed E-state index contributed by atoms with van der Waals surface area (Å²) in [6.07, 6.45) is 1.02. The molecule has 2 atom stereocenters. The van der Waals surface area contributed by atoms with Gasteiger partial charge in [-0.25, -0.2) is 0 Å². The molecule has 1 aromatic carbocycles. The average Bonchev–Trinajstić information content (AvgIpc) is 2.93. The molecule has 15 heavy (non-hydrogen) atoms. The van der Waals surface area contributed by atoms with E-state index < -0.39 is 5.92 Å². The van der Waals surface area contributed by atoms with Gasteiger partial charge in [-0.1, -0.05) is 37.3 Å². The fourth-order valence-corrected chi connectivity index (χ4v) is 1.65. The third-order valence-corrected chi connectivity index (χ3v) is 2.89. The van der Waals surface area contributed by atoms with Gasteiger partial charge in [0.15, 0.2) is 0 Å². The summed E-state index contributed by atoms with van der Waals surface area (Å²) < 4.78 is 27.2. The summed E-state index contributed by atoms with van der Waals surface area (Å²) in [6.45, 7) is 1.81. The van der Waals surface area contributed by atoms with Crippen LogP contribution >= 0.6 is 0 Å². The topological polar surface area (TPSA) is 12.0 Å². The minimum atomic E-state index is -2.76. The lowest BCUT2D eigenvalue weighted by atomic mass is 10.1. The van der Waals surface area contributed by atoms with E-state index >= 15 is 0 Å². The minimum absolute atomic E-state index is 0.0887. The molecule has 1 N–H and O–H groups in total. The molecule has 1 nitrogen and oxygen atoms in total. The van der Waals surface area contributed by atoms with Gasteiger partial charge in [0.2, 0.25) is 0 Å². The van der Waals surface area contributed by atoms with Crippen molar-refractivity contribution < 1.29 is 8.78 Å². The number of nitrogens with one attached hydrogen (secondary N) is 1. The average molecular weight is 211 g/mol. The lowest BCUT2D eigenvalue weighted by Crippen LogP contribution is -2.32. The zero-order valence-corrected chi connectivity index (χ0v) is 8.71. The van der Waals surface area contributed by atoms with Gasteiger partial charge < -0.3 is 5.32 Å². The highest BCUT2D eigenvalue weighted by Crippen LogP contribution is 2.32. The van der Waals surface area contributed by atoms with Crippen molar-refractivity contribution in [1.82, 2.24) is 5.32 Å². The number of benzene rings is 1. The minimum Gasteiger partial charge on any atom is -0.308 e. The second kappa shape index (κ2) is 3.89.